The third-order valence-corrected chi connectivity index (χ3v) is 3.64. The zero-order valence-electron chi connectivity index (χ0n) is 11.2. The van der Waals surface area contributed by atoms with Gasteiger partial charge in [-0.05, 0) is 33.1 Å². The molecule has 18 heavy (non-hydrogen) atoms. The molecule has 102 valence electrons. The van der Waals surface area contributed by atoms with Gasteiger partial charge in [0.15, 0.2) is 0 Å². The number of carbonyl (C=O) groups is 2. The second-order valence-electron chi connectivity index (χ2n) is 6.50. The largest absolute Gasteiger partial charge is 0.444 e. The Balaban J connectivity index is 1.90. The zero-order valence-corrected chi connectivity index (χ0v) is 11.2. The average molecular weight is 255 g/mol. The van der Waals surface area contributed by atoms with Gasteiger partial charge in [0.1, 0.15) is 11.4 Å². The Morgan fingerprint density at radius 1 is 1.50 bits per heavy atom. The van der Waals surface area contributed by atoms with Crippen molar-refractivity contribution in [2.45, 2.75) is 39.2 Å². The average Bonchev–Trinajstić information content (AvgIpc) is 2.50. The molecule has 1 saturated carbocycles. The lowest BCUT2D eigenvalue weighted by Crippen LogP contribution is -2.61. The number of ketones is 1. The van der Waals surface area contributed by atoms with Crippen molar-refractivity contribution < 1.29 is 19.4 Å². The van der Waals surface area contributed by atoms with Crippen molar-refractivity contribution >= 4 is 11.9 Å². The number of nitrogens with zero attached hydrogens (tertiary/aromatic N) is 1. The lowest BCUT2D eigenvalue weighted by Gasteiger charge is -2.46. The highest BCUT2D eigenvalue weighted by Gasteiger charge is 2.56. The van der Waals surface area contributed by atoms with Crippen molar-refractivity contribution in [2.24, 2.45) is 11.3 Å². The van der Waals surface area contributed by atoms with Crippen LogP contribution < -0.4 is 0 Å². The summed E-state index contributed by atoms with van der Waals surface area (Å²) in [6.07, 6.45) is 0.786. The molecule has 1 amide bonds. The maximum absolute atomic E-state index is 11.9. The number of amides is 1. The molecule has 1 heterocycles. The van der Waals surface area contributed by atoms with Gasteiger partial charge in [-0.1, -0.05) is 0 Å². The fourth-order valence-corrected chi connectivity index (χ4v) is 2.79. The minimum atomic E-state index is -0.507. The van der Waals surface area contributed by atoms with Crippen LogP contribution in [-0.4, -0.2) is 47.2 Å². The summed E-state index contributed by atoms with van der Waals surface area (Å²) >= 11 is 0. The number of hydrogen-bond donors (Lipinski definition) is 1. The Bertz CT molecular complexity index is 366. The van der Waals surface area contributed by atoms with Crippen LogP contribution in [0.15, 0.2) is 0 Å². The summed E-state index contributed by atoms with van der Waals surface area (Å²) in [5.74, 6) is 0.250. The Labute approximate surface area is 107 Å². The Kier molecular flexibility index (Phi) is 3.13. The first-order chi connectivity index (χ1) is 8.26. The van der Waals surface area contributed by atoms with E-state index in [1.54, 1.807) is 4.90 Å². The van der Waals surface area contributed by atoms with Gasteiger partial charge in [0, 0.05) is 26.1 Å². The van der Waals surface area contributed by atoms with Crippen molar-refractivity contribution in [3.05, 3.63) is 0 Å². The van der Waals surface area contributed by atoms with E-state index >= 15 is 0 Å². The van der Waals surface area contributed by atoms with E-state index in [2.05, 4.69) is 0 Å². The first-order valence-electron chi connectivity index (χ1n) is 6.38. The molecule has 0 aromatic carbocycles. The van der Waals surface area contributed by atoms with Crippen LogP contribution >= 0.6 is 0 Å². The van der Waals surface area contributed by atoms with Gasteiger partial charge in [-0.3, -0.25) is 4.79 Å². The van der Waals surface area contributed by atoms with Gasteiger partial charge in [-0.15, -0.1) is 0 Å². The molecule has 1 saturated heterocycles. The first kappa shape index (κ1) is 13.3. The smallest absolute Gasteiger partial charge is 0.410 e. The van der Waals surface area contributed by atoms with Crippen LogP contribution in [0.25, 0.3) is 0 Å². The third-order valence-electron chi connectivity index (χ3n) is 3.64. The number of aliphatic hydroxyl groups is 1. The zero-order chi connectivity index (χ0) is 13.6. The highest BCUT2D eigenvalue weighted by Crippen LogP contribution is 2.45. The number of aliphatic hydroxyl groups excluding tert-OH is 1. The maximum atomic E-state index is 11.9. The summed E-state index contributed by atoms with van der Waals surface area (Å²) in [5.41, 5.74) is -0.905. The first-order valence-corrected chi connectivity index (χ1v) is 6.38. The minimum Gasteiger partial charge on any atom is -0.444 e. The maximum Gasteiger partial charge on any atom is 0.410 e. The monoisotopic (exact) mass is 255 g/mol. The van der Waals surface area contributed by atoms with Gasteiger partial charge in [-0.25, -0.2) is 4.79 Å². The molecule has 2 aliphatic rings. The lowest BCUT2D eigenvalue weighted by molar-refractivity contribution is -0.134. The summed E-state index contributed by atoms with van der Waals surface area (Å²) in [4.78, 5) is 25.3. The minimum absolute atomic E-state index is 0.0555. The molecule has 2 rings (SSSR count). The summed E-state index contributed by atoms with van der Waals surface area (Å²) < 4.78 is 5.26. The second-order valence-corrected chi connectivity index (χ2v) is 6.50. The van der Waals surface area contributed by atoms with Crippen LogP contribution in [0.1, 0.15) is 33.6 Å². The fraction of sp³-hybridized carbons (Fsp3) is 0.846. The summed E-state index contributed by atoms with van der Waals surface area (Å²) in [5, 5.41) is 9.11. The van der Waals surface area contributed by atoms with E-state index in [9.17, 15) is 9.59 Å². The van der Waals surface area contributed by atoms with E-state index in [4.69, 9.17) is 9.84 Å². The fourth-order valence-electron chi connectivity index (χ4n) is 2.79. The molecule has 1 spiro atoms. The van der Waals surface area contributed by atoms with Crippen molar-refractivity contribution in [3.63, 3.8) is 0 Å². The Morgan fingerprint density at radius 2 is 2.11 bits per heavy atom. The van der Waals surface area contributed by atoms with Gasteiger partial charge >= 0.3 is 6.09 Å². The van der Waals surface area contributed by atoms with E-state index in [0.717, 1.165) is 0 Å². The van der Waals surface area contributed by atoms with Crippen molar-refractivity contribution in [2.75, 3.05) is 19.7 Å². The van der Waals surface area contributed by atoms with Crippen LogP contribution in [0.5, 0.6) is 0 Å². The molecule has 0 bridgehead atoms. The van der Waals surface area contributed by atoms with Crippen LogP contribution in [0.3, 0.4) is 0 Å². The highest BCUT2D eigenvalue weighted by molar-refractivity contribution is 5.90. The molecule has 1 aliphatic heterocycles. The molecular weight excluding hydrogens is 234 g/mol. The molecule has 5 nitrogen and oxygen atoms in total. The molecular formula is C13H21NO4. The number of hydrogen-bond acceptors (Lipinski definition) is 4. The summed E-state index contributed by atoms with van der Waals surface area (Å²) in [6, 6.07) is 0. The Morgan fingerprint density at radius 3 is 2.56 bits per heavy atom. The van der Waals surface area contributed by atoms with Gasteiger partial charge in [0.25, 0.3) is 0 Å². The molecule has 1 atom stereocenters. The predicted octanol–water partition coefficient (Wildman–Crippen LogP) is 1.19. The summed E-state index contributed by atoms with van der Waals surface area (Å²) in [6.45, 7) is 6.41. The van der Waals surface area contributed by atoms with E-state index in [1.165, 1.54) is 0 Å². The van der Waals surface area contributed by atoms with Crippen molar-refractivity contribution in [3.8, 4) is 0 Å². The number of Topliss-reactive ketones (excluding diaryl/α,β-unsaturated/α-hetero) is 1. The topological polar surface area (TPSA) is 66.8 Å². The van der Waals surface area contributed by atoms with E-state index in [1.807, 2.05) is 20.8 Å². The molecule has 0 radical (unpaired) electrons. The standard InChI is InChI=1S/C13H21NO4/c1-12(2,3)18-11(17)14-7-13(8-14)5-9(6-15)4-10(13)16/h9,15H,4-8H2,1-3H3. The number of rotatable bonds is 1. The molecule has 1 N–H and O–H groups in total. The number of carbonyl (C=O) groups excluding carboxylic acids is 2. The van der Waals surface area contributed by atoms with Crippen LogP contribution in [-0.2, 0) is 9.53 Å². The van der Waals surface area contributed by atoms with Gasteiger partial charge in [-0.2, -0.15) is 0 Å². The summed E-state index contributed by atoms with van der Waals surface area (Å²) in [7, 11) is 0. The molecule has 2 fully saturated rings. The van der Waals surface area contributed by atoms with Crippen molar-refractivity contribution in [1.82, 2.24) is 4.90 Å². The van der Waals surface area contributed by atoms with Crippen LogP contribution in [0.2, 0.25) is 0 Å². The van der Waals surface area contributed by atoms with Crippen LogP contribution in [0, 0.1) is 11.3 Å². The SMILES string of the molecule is CC(C)(C)OC(=O)N1CC2(CC(CO)CC2=O)C1. The molecule has 0 aromatic rings. The lowest BCUT2D eigenvalue weighted by atomic mass is 9.77. The quantitative estimate of drug-likeness (QED) is 0.764. The van der Waals surface area contributed by atoms with E-state index < -0.39 is 11.0 Å². The molecule has 0 aromatic heterocycles. The third kappa shape index (κ3) is 2.36. The van der Waals surface area contributed by atoms with Crippen LogP contribution in [0.4, 0.5) is 4.79 Å². The second kappa shape index (κ2) is 4.23. The number of likely N-dealkylation sites (tertiary alicyclic amines) is 1. The molecule has 5 heteroatoms. The highest BCUT2D eigenvalue weighted by atomic mass is 16.6. The van der Waals surface area contributed by atoms with Crippen molar-refractivity contribution in [1.29, 1.82) is 0 Å². The number of ether oxygens (including phenoxy) is 1. The van der Waals surface area contributed by atoms with Gasteiger partial charge in [0.05, 0.1) is 5.41 Å². The van der Waals surface area contributed by atoms with Gasteiger partial charge < -0.3 is 14.7 Å². The molecule has 1 aliphatic carbocycles. The normalized spacial score (nSPS) is 26.3. The Hall–Kier alpha value is -1.10. The predicted molar refractivity (Wildman–Crippen MR) is 65.1 cm³/mol. The van der Waals surface area contributed by atoms with Gasteiger partial charge in [0.2, 0.25) is 0 Å². The van der Waals surface area contributed by atoms with E-state index in [-0.39, 0.29) is 24.4 Å². The molecule has 1 unspecified atom stereocenters. The van der Waals surface area contributed by atoms with E-state index in [0.29, 0.717) is 25.9 Å².